The molecule has 3 nitrogen and oxygen atoms in total. The van der Waals surface area contributed by atoms with Gasteiger partial charge in [-0.1, -0.05) is 13.8 Å². The molecule has 0 saturated carbocycles. The summed E-state index contributed by atoms with van der Waals surface area (Å²) in [4.78, 5) is 0. The fourth-order valence-electron chi connectivity index (χ4n) is 1.06. The Morgan fingerprint density at radius 2 is 2.17 bits per heavy atom. The van der Waals surface area contributed by atoms with Gasteiger partial charge in [-0.3, -0.25) is 0 Å². The number of hydrogen-bond acceptors (Lipinski definition) is 3. The zero-order chi connectivity index (χ0) is 9.19. The third-order valence-electron chi connectivity index (χ3n) is 1.69. The van der Waals surface area contributed by atoms with E-state index >= 15 is 0 Å². The van der Waals surface area contributed by atoms with Crippen molar-refractivity contribution in [2.24, 2.45) is 0 Å². The van der Waals surface area contributed by atoms with Crippen molar-refractivity contribution in [2.45, 2.75) is 20.8 Å². The smallest absolute Gasteiger partial charge is 0.380 e. The Kier molecular flexibility index (Phi) is 3.27. The minimum atomic E-state index is -2.58. The summed E-state index contributed by atoms with van der Waals surface area (Å²) in [6.07, 6.45) is 0. The van der Waals surface area contributed by atoms with Crippen molar-refractivity contribution in [1.29, 1.82) is 0 Å². The van der Waals surface area contributed by atoms with Gasteiger partial charge in [0.15, 0.2) is 0 Å². The van der Waals surface area contributed by atoms with Crippen molar-refractivity contribution in [3.05, 3.63) is 11.2 Å². The van der Waals surface area contributed by atoms with E-state index in [9.17, 15) is 4.57 Å². The quantitative estimate of drug-likeness (QED) is 0.665. The van der Waals surface area contributed by atoms with Gasteiger partial charge < -0.3 is 4.52 Å². The highest BCUT2D eigenvalue weighted by Crippen LogP contribution is 2.68. The average molecular weight is 207 g/mol. The summed E-state index contributed by atoms with van der Waals surface area (Å²) in [6, 6.07) is 0. The molecular weight excluding hydrogens is 193 g/mol. The monoisotopic (exact) mass is 207 g/mol. The fourth-order valence-corrected chi connectivity index (χ4v) is 5.28. The van der Waals surface area contributed by atoms with Gasteiger partial charge in [-0.25, -0.2) is 9.24 Å². The second kappa shape index (κ2) is 3.86. The fraction of sp³-hybridized carbons (Fsp3) is 0.714. The number of hydrogen-bond donors (Lipinski definition) is 0. The van der Waals surface area contributed by atoms with Crippen LogP contribution in [-0.2, 0) is 9.09 Å². The van der Waals surface area contributed by atoms with Crippen molar-refractivity contribution in [3.8, 4) is 0 Å². The molecule has 0 aromatic carbocycles. The molecule has 1 rings (SSSR count). The van der Waals surface area contributed by atoms with E-state index < -0.39 is 6.72 Å². The van der Waals surface area contributed by atoms with Gasteiger partial charge in [0.05, 0.1) is 0 Å². The highest BCUT2D eigenvalue weighted by Gasteiger charge is 2.35. The van der Waals surface area contributed by atoms with Crippen LogP contribution in [0.25, 0.3) is 0 Å². The van der Waals surface area contributed by atoms with Crippen LogP contribution in [0.5, 0.6) is 0 Å². The molecule has 70 valence electrons. The van der Waals surface area contributed by atoms with Crippen LogP contribution >= 0.6 is 18.1 Å². The van der Waals surface area contributed by atoms with Gasteiger partial charge in [0.25, 0.3) is 0 Å². The summed E-state index contributed by atoms with van der Waals surface area (Å²) in [6.45, 7) is 4.76. The van der Waals surface area contributed by atoms with Gasteiger partial charge in [-0.05, 0) is 18.3 Å². The Morgan fingerprint density at radius 1 is 1.58 bits per heavy atom. The standard InChI is InChI=1S/C7H14NO2PS/c1-4-8(5-2)11(9)10-7(3)6-12-11/h6H,4-5H2,1-3H3. The summed E-state index contributed by atoms with van der Waals surface area (Å²) in [5, 5.41) is 1.82. The maximum atomic E-state index is 12.0. The molecule has 1 aliphatic rings. The van der Waals surface area contributed by atoms with Crippen LogP contribution < -0.4 is 0 Å². The first kappa shape index (κ1) is 10.2. The molecule has 5 heteroatoms. The molecule has 0 N–H and O–H groups in total. The Morgan fingerprint density at radius 3 is 2.50 bits per heavy atom. The average Bonchev–Trinajstić information content (AvgIpc) is 2.34. The minimum Gasteiger partial charge on any atom is -0.430 e. The summed E-state index contributed by atoms with van der Waals surface area (Å²) in [5.41, 5.74) is 0. The van der Waals surface area contributed by atoms with Crippen molar-refractivity contribution in [1.82, 2.24) is 4.67 Å². The van der Waals surface area contributed by atoms with Gasteiger partial charge in [-0.15, -0.1) is 0 Å². The lowest BCUT2D eigenvalue weighted by Gasteiger charge is -2.23. The third kappa shape index (κ3) is 1.87. The predicted molar refractivity (Wildman–Crippen MR) is 53.0 cm³/mol. The van der Waals surface area contributed by atoms with Crippen LogP contribution in [0.1, 0.15) is 20.8 Å². The second-order valence-corrected chi connectivity index (χ2v) is 6.68. The minimum absolute atomic E-state index is 0.759. The van der Waals surface area contributed by atoms with E-state index in [2.05, 4.69) is 0 Å². The first-order valence-corrected chi connectivity index (χ1v) is 7.09. The Labute approximate surface area is 77.4 Å². The van der Waals surface area contributed by atoms with E-state index in [4.69, 9.17) is 4.52 Å². The molecule has 0 saturated heterocycles. The van der Waals surface area contributed by atoms with Crippen LogP contribution in [0.3, 0.4) is 0 Å². The summed E-state index contributed by atoms with van der Waals surface area (Å²) >= 11 is 1.31. The predicted octanol–water partition coefficient (Wildman–Crippen LogP) is 3.06. The van der Waals surface area contributed by atoms with Gasteiger partial charge in [0, 0.05) is 18.5 Å². The van der Waals surface area contributed by atoms with Crippen molar-refractivity contribution >= 4 is 18.1 Å². The molecular formula is C7H14NO2PS. The maximum absolute atomic E-state index is 12.0. The zero-order valence-electron chi connectivity index (χ0n) is 7.61. The van der Waals surface area contributed by atoms with E-state index in [0.29, 0.717) is 0 Å². The van der Waals surface area contributed by atoms with E-state index in [-0.39, 0.29) is 0 Å². The molecule has 12 heavy (non-hydrogen) atoms. The molecule has 0 fully saturated rings. The lowest BCUT2D eigenvalue weighted by atomic mass is 10.7. The summed E-state index contributed by atoms with van der Waals surface area (Å²) in [5.74, 6) is 0.759. The molecule has 0 amide bonds. The lowest BCUT2D eigenvalue weighted by molar-refractivity contribution is 0.347. The molecule has 0 spiro atoms. The summed E-state index contributed by atoms with van der Waals surface area (Å²) in [7, 11) is 0. The number of rotatable bonds is 3. The molecule has 0 aromatic heterocycles. The molecule has 0 radical (unpaired) electrons. The molecule has 0 aliphatic carbocycles. The molecule has 0 aromatic rings. The Hall–Kier alpha value is 0.0800. The molecule has 1 aliphatic heterocycles. The molecule has 0 bridgehead atoms. The lowest BCUT2D eigenvalue weighted by Crippen LogP contribution is -2.17. The molecule has 1 heterocycles. The maximum Gasteiger partial charge on any atom is 0.380 e. The SMILES string of the molecule is CCN(CC)P1(=O)OC(C)=CS1. The first-order valence-electron chi connectivity index (χ1n) is 4.02. The first-order chi connectivity index (χ1) is 5.62. The number of allylic oxidation sites excluding steroid dienone is 1. The van der Waals surface area contributed by atoms with Gasteiger partial charge in [0.2, 0.25) is 0 Å². The Balaban J connectivity index is 2.68. The van der Waals surface area contributed by atoms with Crippen LogP contribution in [0, 0.1) is 0 Å². The van der Waals surface area contributed by atoms with E-state index in [1.54, 1.807) is 0 Å². The van der Waals surface area contributed by atoms with Gasteiger partial charge in [-0.2, -0.15) is 0 Å². The summed E-state index contributed by atoms with van der Waals surface area (Å²) < 4.78 is 19.2. The molecule has 1 unspecified atom stereocenters. The highest BCUT2D eigenvalue weighted by molar-refractivity contribution is 8.57. The van der Waals surface area contributed by atoms with Crippen LogP contribution in [-0.4, -0.2) is 17.8 Å². The van der Waals surface area contributed by atoms with Crippen molar-refractivity contribution < 1.29 is 9.09 Å². The molecule has 1 atom stereocenters. The van der Waals surface area contributed by atoms with Crippen LogP contribution in [0.4, 0.5) is 0 Å². The highest BCUT2D eigenvalue weighted by atomic mass is 32.7. The van der Waals surface area contributed by atoms with E-state index in [0.717, 1.165) is 18.8 Å². The largest absolute Gasteiger partial charge is 0.430 e. The van der Waals surface area contributed by atoms with Crippen LogP contribution in [0.2, 0.25) is 0 Å². The van der Waals surface area contributed by atoms with Gasteiger partial charge >= 0.3 is 6.72 Å². The second-order valence-electron chi connectivity index (χ2n) is 2.53. The Bertz CT molecular complexity index is 238. The third-order valence-corrected chi connectivity index (χ3v) is 6.20. The zero-order valence-corrected chi connectivity index (χ0v) is 9.32. The van der Waals surface area contributed by atoms with Crippen molar-refractivity contribution in [2.75, 3.05) is 13.1 Å². The van der Waals surface area contributed by atoms with E-state index in [1.807, 2.05) is 30.8 Å². The van der Waals surface area contributed by atoms with E-state index in [1.165, 1.54) is 11.4 Å². The number of nitrogens with zero attached hydrogens (tertiary/aromatic N) is 1. The normalized spacial score (nSPS) is 28.8. The van der Waals surface area contributed by atoms with Crippen LogP contribution in [0.15, 0.2) is 11.2 Å². The van der Waals surface area contributed by atoms with Crippen molar-refractivity contribution in [3.63, 3.8) is 0 Å². The topological polar surface area (TPSA) is 29.5 Å². The van der Waals surface area contributed by atoms with Gasteiger partial charge in [0.1, 0.15) is 5.76 Å².